The molecule has 2 heterocycles. The van der Waals surface area contributed by atoms with E-state index in [1.165, 1.54) is 11.4 Å². The van der Waals surface area contributed by atoms with Crippen LogP contribution in [0.5, 0.6) is 5.75 Å². The molecule has 2 saturated heterocycles. The highest BCUT2D eigenvalue weighted by Crippen LogP contribution is 2.22. The molecule has 1 aromatic rings. The van der Waals surface area contributed by atoms with Crippen molar-refractivity contribution < 1.29 is 17.9 Å². The predicted octanol–water partition coefficient (Wildman–Crippen LogP) is 1.57. The first-order valence-electron chi connectivity index (χ1n) is 9.21. The Labute approximate surface area is 155 Å². The van der Waals surface area contributed by atoms with E-state index in [0.717, 1.165) is 25.7 Å². The number of hydrogen-bond donors (Lipinski definition) is 0. The molecule has 0 atom stereocenters. The van der Waals surface area contributed by atoms with Gasteiger partial charge in [-0.05, 0) is 25.0 Å². The Kier molecular flexibility index (Phi) is 6.16. The molecule has 2 aliphatic heterocycles. The lowest BCUT2D eigenvalue weighted by molar-refractivity contribution is 0.0690. The first-order chi connectivity index (χ1) is 12.5. The molecule has 0 aromatic heterocycles. The average Bonchev–Trinajstić information content (AvgIpc) is 2.97. The van der Waals surface area contributed by atoms with Crippen LogP contribution >= 0.6 is 0 Å². The highest BCUT2D eigenvalue weighted by atomic mass is 32.2. The summed E-state index contributed by atoms with van der Waals surface area (Å²) in [5.74, 6) is 0.423. The normalized spacial score (nSPS) is 20.6. The largest absolute Gasteiger partial charge is 0.496 e. The van der Waals surface area contributed by atoms with Crippen LogP contribution in [0.4, 0.5) is 0 Å². The SMILES string of the molecule is COc1ccccc1C(=O)N1CCN(S(=O)(=O)N2CCCCCC2)CC1. The van der Waals surface area contributed by atoms with Crippen LogP contribution < -0.4 is 4.74 Å². The van der Waals surface area contributed by atoms with Crippen LogP contribution in [0.25, 0.3) is 0 Å². The Bertz CT molecular complexity index is 722. The van der Waals surface area contributed by atoms with E-state index in [2.05, 4.69) is 0 Å². The standard InChI is InChI=1S/C18H27N3O4S/c1-25-17-9-5-4-8-16(17)18(22)19-12-14-21(15-13-19)26(23,24)20-10-6-2-3-7-11-20/h4-5,8-9H,2-3,6-7,10-15H2,1H3. The zero-order chi connectivity index (χ0) is 18.6. The van der Waals surface area contributed by atoms with Crippen molar-refractivity contribution in [2.24, 2.45) is 0 Å². The first kappa shape index (κ1) is 19.1. The molecule has 0 N–H and O–H groups in total. The third-order valence-corrected chi connectivity index (χ3v) is 7.12. The number of piperazine rings is 1. The molecule has 26 heavy (non-hydrogen) atoms. The lowest BCUT2D eigenvalue weighted by Gasteiger charge is -2.36. The lowest BCUT2D eigenvalue weighted by atomic mass is 10.1. The van der Waals surface area contributed by atoms with E-state index < -0.39 is 10.2 Å². The Balaban J connectivity index is 1.64. The van der Waals surface area contributed by atoms with Gasteiger partial charge in [-0.15, -0.1) is 0 Å². The van der Waals surface area contributed by atoms with Gasteiger partial charge in [0.25, 0.3) is 16.1 Å². The molecular formula is C18H27N3O4S. The van der Waals surface area contributed by atoms with E-state index in [1.807, 2.05) is 6.07 Å². The van der Waals surface area contributed by atoms with Gasteiger partial charge in [-0.3, -0.25) is 4.79 Å². The minimum Gasteiger partial charge on any atom is -0.496 e. The maximum Gasteiger partial charge on any atom is 0.282 e. The number of carbonyl (C=O) groups excluding carboxylic acids is 1. The van der Waals surface area contributed by atoms with Crippen molar-refractivity contribution in [1.29, 1.82) is 0 Å². The van der Waals surface area contributed by atoms with Crippen molar-refractivity contribution in [2.45, 2.75) is 25.7 Å². The van der Waals surface area contributed by atoms with Crippen molar-refractivity contribution in [3.8, 4) is 5.75 Å². The number of benzene rings is 1. The van der Waals surface area contributed by atoms with Crippen LogP contribution in [0, 0.1) is 0 Å². The molecule has 1 aromatic carbocycles. The third kappa shape index (κ3) is 4.02. The topological polar surface area (TPSA) is 70.2 Å². The summed E-state index contributed by atoms with van der Waals surface area (Å²) in [7, 11) is -1.89. The smallest absolute Gasteiger partial charge is 0.282 e. The quantitative estimate of drug-likeness (QED) is 0.794. The Morgan fingerprint density at radius 2 is 1.46 bits per heavy atom. The zero-order valence-corrected chi connectivity index (χ0v) is 16.1. The van der Waals surface area contributed by atoms with Crippen LogP contribution in [-0.2, 0) is 10.2 Å². The summed E-state index contributed by atoms with van der Waals surface area (Å²) in [6.45, 7) is 2.65. The molecule has 1 amide bonds. The second kappa shape index (κ2) is 8.37. The Hall–Kier alpha value is -1.64. The van der Waals surface area contributed by atoms with Gasteiger partial charge in [0.1, 0.15) is 5.75 Å². The fourth-order valence-electron chi connectivity index (χ4n) is 3.55. The Morgan fingerprint density at radius 3 is 2.08 bits per heavy atom. The fraction of sp³-hybridized carbons (Fsp3) is 0.611. The number of rotatable bonds is 4. The molecule has 8 heteroatoms. The summed E-state index contributed by atoms with van der Waals surface area (Å²) in [5.41, 5.74) is 0.513. The summed E-state index contributed by atoms with van der Waals surface area (Å²) < 4.78 is 34.1. The number of para-hydroxylation sites is 1. The molecule has 0 bridgehead atoms. The van der Waals surface area contributed by atoms with Crippen molar-refractivity contribution in [3.05, 3.63) is 29.8 Å². The van der Waals surface area contributed by atoms with Gasteiger partial charge in [0.2, 0.25) is 0 Å². The lowest BCUT2D eigenvalue weighted by Crippen LogP contribution is -2.54. The van der Waals surface area contributed by atoms with Gasteiger partial charge in [-0.25, -0.2) is 0 Å². The van der Waals surface area contributed by atoms with Gasteiger partial charge < -0.3 is 9.64 Å². The second-order valence-corrected chi connectivity index (χ2v) is 8.64. The molecule has 0 aliphatic carbocycles. The number of ether oxygens (including phenoxy) is 1. The molecule has 0 saturated carbocycles. The zero-order valence-electron chi connectivity index (χ0n) is 15.3. The van der Waals surface area contributed by atoms with Crippen molar-refractivity contribution in [2.75, 3.05) is 46.4 Å². The van der Waals surface area contributed by atoms with Gasteiger partial charge in [0.05, 0.1) is 12.7 Å². The summed E-state index contributed by atoms with van der Waals surface area (Å²) in [6, 6.07) is 7.12. The van der Waals surface area contributed by atoms with Crippen molar-refractivity contribution in [3.63, 3.8) is 0 Å². The molecule has 2 aliphatic rings. The molecule has 2 fully saturated rings. The highest BCUT2D eigenvalue weighted by molar-refractivity contribution is 7.86. The van der Waals surface area contributed by atoms with Crippen LogP contribution in [0.3, 0.4) is 0 Å². The third-order valence-electron chi connectivity index (χ3n) is 5.08. The van der Waals surface area contributed by atoms with Gasteiger partial charge in [-0.1, -0.05) is 25.0 Å². The van der Waals surface area contributed by atoms with E-state index in [9.17, 15) is 13.2 Å². The first-order valence-corrected chi connectivity index (χ1v) is 10.6. The molecule has 144 valence electrons. The van der Waals surface area contributed by atoms with Crippen LogP contribution in [0.15, 0.2) is 24.3 Å². The summed E-state index contributed by atoms with van der Waals surface area (Å²) >= 11 is 0. The van der Waals surface area contributed by atoms with Gasteiger partial charge in [0.15, 0.2) is 0 Å². The van der Waals surface area contributed by atoms with Crippen LogP contribution in [0.1, 0.15) is 36.0 Å². The van der Waals surface area contributed by atoms with E-state index in [1.54, 1.807) is 27.4 Å². The molecular weight excluding hydrogens is 354 g/mol. The Morgan fingerprint density at radius 1 is 0.885 bits per heavy atom. The minimum absolute atomic E-state index is 0.116. The molecule has 3 rings (SSSR count). The number of carbonyl (C=O) groups is 1. The number of hydrogen-bond acceptors (Lipinski definition) is 4. The van der Waals surface area contributed by atoms with Gasteiger partial charge in [0, 0.05) is 39.3 Å². The minimum atomic E-state index is -3.43. The summed E-state index contributed by atoms with van der Waals surface area (Å²) in [5, 5.41) is 0. The number of amides is 1. The maximum atomic E-state index is 12.9. The molecule has 0 spiro atoms. The average molecular weight is 381 g/mol. The summed E-state index contributed by atoms with van der Waals surface area (Å²) in [4.78, 5) is 14.5. The van der Waals surface area contributed by atoms with Gasteiger partial charge >= 0.3 is 0 Å². The predicted molar refractivity (Wildman–Crippen MR) is 99.4 cm³/mol. The van der Waals surface area contributed by atoms with Crippen LogP contribution in [-0.4, -0.2) is 74.2 Å². The van der Waals surface area contributed by atoms with Crippen LogP contribution in [0.2, 0.25) is 0 Å². The number of methoxy groups -OCH3 is 1. The van der Waals surface area contributed by atoms with E-state index in [4.69, 9.17) is 4.74 Å². The maximum absolute atomic E-state index is 12.9. The second-order valence-electron chi connectivity index (χ2n) is 6.71. The summed E-state index contributed by atoms with van der Waals surface area (Å²) in [6.07, 6.45) is 4.03. The fourth-order valence-corrected chi connectivity index (χ4v) is 5.22. The molecule has 7 nitrogen and oxygen atoms in total. The van der Waals surface area contributed by atoms with Crippen molar-refractivity contribution >= 4 is 16.1 Å². The molecule has 0 radical (unpaired) electrons. The highest BCUT2D eigenvalue weighted by Gasteiger charge is 2.34. The van der Waals surface area contributed by atoms with Gasteiger partial charge in [-0.2, -0.15) is 17.0 Å². The monoisotopic (exact) mass is 381 g/mol. The number of nitrogens with zero attached hydrogens (tertiary/aromatic N) is 3. The van der Waals surface area contributed by atoms with E-state index in [0.29, 0.717) is 50.6 Å². The van der Waals surface area contributed by atoms with E-state index in [-0.39, 0.29) is 5.91 Å². The molecule has 0 unspecified atom stereocenters. The van der Waals surface area contributed by atoms with Crippen molar-refractivity contribution in [1.82, 2.24) is 13.5 Å². The van der Waals surface area contributed by atoms with E-state index >= 15 is 0 Å².